The van der Waals surface area contributed by atoms with Gasteiger partial charge < -0.3 is 10.6 Å². The van der Waals surface area contributed by atoms with Crippen molar-refractivity contribution in [1.82, 2.24) is 20.3 Å². The van der Waals surface area contributed by atoms with E-state index < -0.39 is 0 Å². The molecule has 53 heavy (non-hydrogen) atoms. The highest BCUT2D eigenvalue weighted by Gasteiger charge is 2.26. The van der Waals surface area contributed by atoms with Crippen LogP contribution >= 0.6 is 23.5 Å². The molecule has 0 fully saturated rings. The Kier molecular flexibility index (Phi) is 11.6. The van der Waals surface area contributed by atoms with Crippen LogP contribution in [0.25, 0.3) is 11.0 Å². The number of aromatic nitrogens is 3. The molecule has 2 aromatic heterocycles. The number of nitrogens with zero attached hydrogens (tertiary/aromatic N) is 3. The number of carbonyl (C=O) groups excluding carboxylic acids is 2. The zero-order valence-corrected chi connectivity index (χ0v) is 32.9. The quantitative estimate of drug-likeness (QED) is 0.120. The molecule has 6 rings (SSSR count). The van der Waals surface area contributed by atoms with E-state index in [9.17, 15) is 9.59 Å². The normalized spacial score (nSPS) is 12.2. The summed E-state index contributed by atoms with van der Waals surface area (Å²) in [7, 11) is 0. The number of thioether (sulfide) groups is 1. The van der Waals surface area contributed by atoms with Gasteiger partial charge in [-0.15, -0.1) is 0 Å². The molecule has 0 saturated carbocycles. The lowest BCUT2D eigenvalue weighted by molar-refractivity contribution is -0.111. The molecule has 9 heteroatoms. The average Bonchev–Trinajstić information content (AvgIpc) is 3.12. The molecule has 0 saturated heterocycles. The molecule has 7 nitrogen and oxygen atoms in total. The van der Waals surface area contributed by atoms with Gasteiger partial charge >= 0.3 is 0 Å². The first-order chi connectivity index (χ1) is 25.4. The zero-order chi connectivity index (χ0) is 37.7. The van der Waals surface area contributed by atoms with Gasteiger partial charge in [-0.2, -0.15) is 0 Å². The summed E-state index contributed by atoms with van der Waals surface area (Å²) in [5, 5.41) is 7.55. The van der Waals surface area contributed by atoms with Crippen LogP contribution in [0.4, 0.5) is 11.5 Å². The molecule has 0 aliphatic heterocycles. The van der Waals surface area contributed by atoms with Gasteiger partial charge in [0.25, 0.3) is 5.91 Å². The fourth-order valence-electron chi connectivity index (χ4n) is 6.37. The maximum Gasteiger partial charge on any atom is 0.251 e. The molecule has 0 aliphatic rings. The molecule has 270 valence electrons. The van der Waals surface area contributed by atoms with Gasteiger partial charge in [-0.1, -0.05) is 105 Å². The van der Waals surface area contributed by atoms with E-state index in [1.54, 1.807) is 11.8 Å². The van der Waals surface area contributed by atoms with Crippen LogP contribution in [0.15, 0.2) is 124 Å². The van der Waals surface area contributed by atoms with E-state index in [0.717, 1.165) is 37.0 Å². The molecule has 6 aromatic rings. The molecule has 2 N–H and O–H groups in total. The SMILES string of the molecule is Cc1ccc(C(C)(C)CC(=O)Sc2ccc(Sc3ccc(C(=O)N[C@@H](C)c4ccccc4)cc3Nc3ncnc4nc(C(C)C)ccc34)cc2)c(C)c1. The molecule has 0 spiro atoms. The van der Waals surface area contributed by atoms with Gasteiger partial charge in [0.2, 0.25) is 0 Å². The van der Waals surface area contributed by atoms with Gasteiger partial charge in [-0.05, 0) is 103 Å². The highest BCUT2D eigenvalue weighted by Crippen LogP contribution is 2.38. The monoisotopic (exact) mass is 739 g/mol. The number of amides is 1. The Morgan fingerprint density at radius 3 is 2.26 bits per heavy atom. The summed E-state index contributed by atoms with van der Waals surface area (Å²) < 4.78 is 0. The van der Waals surface area contributed by atoms with Crippen LogP contribution < -0.4 is 10.6 Å². The molecule has 4 aromatic carbocycles. The number of hydrogen-bond acceptors (Lipinski definition) is 8. The molecule has 1 amide bonds. The number of rotatable bonds is 12. The number of pyridine rings is 1. The van der Waals surface area contributed by atoms with Gasteiger partial charge in [0.15, 0.2) is 10.8 Å². The Morgan fingerprint density at radius 2 is 1.55 bits per heavy atom. The average molecular weight is 740 g/mol. The van der Waals surface area contributed by atoms with Crippen LogP contribution in [-0.4, -0.2) is 26.0 Å². The van der Waals surface area contributed by atoms with Crippen molar-refractivity contribution >= 4 is 57.1 Å². The van der Waals surface area contributed by atoms with Crippen molar-refractivity contribution in [2.75, 3.05) is 5.32 Å². The van der Waals surface area contributed by atoms with Crippen molar-refractivity contribution in [2.24, 2.45) is 0 Å². The number of benzene rings is 4. The summed E-state index contributed by atoms with van der Waals surface area (Å²) >= 11 is 2.85. The van der Waals surface area contributed by atoms with Gasteiger partial charge in [-0.3, -0.25) is 9.59 Å². The number of carbonyl (C=O) groups is 2. The standard InChI is InChI=1S/C44H45N5O2S2/c1-27(2)37-21-19-35-41(48-37)45-26-46-42(35)49-38-24-32(43(51)47-30(5)31-11-9-8-10-12-31)14-22-39(38)52-33-15-17-34(18-16-33)53-40(50)25-44(6,7)36-20-13-28(3)23-29(36)4/h8-24,26-27,30H,25H2,1-7H3,(H,47,51)(H,45,46,48,49)/t30-/m0/s1. The third kappa shape index (κ3) is 9.33. The van der Waals surface area contributed by atoms with Crippen LogP contribution in [0.2, 0.25) is 0 Å². The van der Waals surface area contributed by atoms with Crippen molar-refractivity contribution in [3.63, 3.8) is 0 Å². The molecular weight excluding hydrogens is 695 g/mol. The summed E-state index contributed by atoms with van der Waals surface area (Å²) in [6.45, 7) is 14.7. The lowest BCUT2D eigenvalue weighted by Crippen LogP contribution is -2.26. The third-order valence-electron chi connectivity index (χ3n) is 9.23. The van der Waals surface area contributed by atoms with Gasteiger partial charge in [-0.25, -0.2) is 15.0 Å². The molecule has 1 atom stereocenters. The van der Waals surface area contributed by atoms with Crippen LogP contribution in [0, 0.1) is 13.8 Å². The smallest absolute Gasteiger partial charge is 0.251 e. The first-order valence-electron chi connectivity index (χ1n) is 17.8. The Morgan fingerprint density at radius 1 is 0.811 bits per heavy atom. The number of fused-ring (bicyclic) bond motifs is 1. The summed E-state index contributed by atoms with van der Waals surface area (Å²) in [5.41, 5.74) is 7.20. The molecule has 2 heterocycles. The lowest BCUT2D eigenvalue weighted by atomic mass is 9.79. The topological polar surface area (TPSA) is 96.9 Å². The van der Waals surface area contributed by atoms with Crippen LogP contribution in [0.3, 0.4) is 0 Å². The van der Waals surface area contributed by atoms with Gasteiger partial charge in [0, 0.05) is 32.4 Å². The maximum absolute atomic E-state index is 13.5. The highest BCUT2D eigenvalue weighted by molar-refractivity contribution is 8.13. The predicted molar refractivity (Wildman–Crippen MR) is 218 cm³/mol. The summed E-state index contributed by atoms with van der Waals surface area (Å²) in [6.07, 6.45) is 1.94. The Labute approximate surface area is 320 Å². The van der Waals surface area contributed by atoms with E-state index >= 15 is 0 Å². The Balaban J connectivity index is 1.23. The maximum atomic E-state index is 13.5. The fraction of sp³-hybridized carbons (Fsp3) is 0.250. The minimum absolute atomic E-state index is 0.129. The van der Waals surface area contributed by atoms with E-state index in [1.165, 1.54) is 34.8 Å². The predicted octanol–water partition coefficient (Wildman–Crippen LogP) is 11.1. The fourth-order valence-corrected chi connectivity index (χ4v) is 8.22. The van der Waals surface area contributed by atoms with Crippen LogP contribution in [0.1, 0.15) is 91.3 Å². The summed E-state index contributed by atoms with van der Waals surface area (Å²) in [6, 6.07) is 33.9. The lowest BCUT2D eigenvalue weighted by Gasteiger charge is -2.26. The second-order valence-corrected chi connectivity index (χ2v) is 16.6. The molecular formula is C44H45N5O2S2. The number of aryl methyl sites for hydroxylation is 2. The first-order valence-corrected chi connectivity index (χ1v) is 19.4. The molecule has 0 unspecified atom stereocenters. The van der Waals surface area contributed by atoms with E-state index in [1.807, 2.05) is 91.9 Å². The van der Waals surface area contributed by atoms with E-state index in [0.29, 0.717) is 23.4 Å². The summed E-state index contributed by atoms with van der Waals surface area (Å²) in [5.74, 6) is 0.687. The van der Waals surface area contributed by atoms with Crippen LogP contribution in [0.5, 0.6) is 0 Å². The minimum atomic E-state index is -0.272. The molecule has 0 radical (unpaired) electrons. The van der Waals surface area contributed by atoms with Crippen LogP contribution in [-0.2, 0) is 10.2 Å². The number of hydrogen-bond donors (Lipinski definition) is 2. The van der Waals surface area contributed by atoms with Gasteiger partial charge in [0.1, 0.15) is 12.1 Å². The largest absolute Gasteiger partial charge is 0.346 e. The van der Waals surface area contributed by atoms with Crippen molar-refractivity contribution in [3.05, 3.63) is 143 Å². The first kappa shape index (κ1) is 37.8. The highest BCUT2D eigenvalue weighted by atomic mass is 32.2. The molecule has 0 bridgehead atoms. The second-order valence-electron chi connectivity index (χ2n) is 14.4. The van der Waals surface area contributed by atoms with E-state index in [2.05, 4.69) is 80.3 Å². The van der Waals surface area contributed by atoms with E-state index in [4.69, 9.17) is 4.98 Å². The number of anilines is 2. The minimum Gasteiger partial charge on any atom is -0.346 e. The Bertz CT molecular complexity index is 2260. The van der Waals surface area contributed by atoms with Crippen molar-refractivity contribution in [1.29, 1.82) is 0 Å². The van der Waals surface area contributed by atoms with Crippen molar-refractivity contribution in [3.8, 4) is 0 Å². The molecule has 0 aliphatic carbocycles. The van der Waals surface area contributed by atoms with Crippen molar-refractivity contribution < 1.29 is 9.59 Å². The third-order valence-corrected chi connectivity index (χ3v) is 11.2. The summed E-state index contributed by atoms with van der Waals surface area (Å²) in [4.78, 5) is 43.3. The number of nitrogens with one attached hydrogen (secondary N) is 2. The zero-order valence-electron chi connectivity index (χ0n) is 31.2. The van der Waals surface area contributed by atoms with Gasteiger partial charge in [0.05, 0.1) is 17.1 Å². The van der Waals surface area contributed by atoms with Crippen molar-refractivity contribution in [2.45, 2.75) is 86.9 Å². The van der Waals surface area contributed by atoms with E-state index in [-0.39, 0.29) is 28.4 Å². The Hall–Kier alpha value is -4.99. The second kappa shape index (κ2) is 16.4.